The van der Waals surface area contributed by atoms with Gasteiger partial charge in [0.2, 0.25) is 0 Å². The molecule has 0 fully saturated rings. The van der Waals surface area contributed by atoms with Crippen LogP contribution in [0.4, 0.5) is 0 Å². The van der Waals surface area contributed by atoms with E-state index in [1.54, 1.807) is 36.4 Å². The van der Waals surface area contributed by atoms with Crippen LogP contribution in [0, 0.1) is 13.8 Å². The summed E-state index contributed by atoms with van der Waals surface area (Å²) in [5.41, 5.74) is 2.86. The van der Waals surface area contributed by atoms with Gasteiger partial charge >= 0.3 is 11.7 Å². The van der Waals surface area contributed by atoms with E-state index in [1.807, 2.05) is 36.6 Å². The monoisotopic (exact) mass is 416 g/mol. The number of aromatic amines is 1. The molecule has 0 aliphatic carbocycles. The smallest absolute Gasteiger partial charge is 0.349 e. The Labute approximate surface area is 177 Å². The molecule has 0 spiro atoms. The third-order valence-electron chi connectivity index (χ3n) is 4.92. The van der Waals surface area contributed by atoms with Gasteiger partial charge in [-0.25, -0.2) is 4.79 Å². The molecule has 4 rings (SSSR count). The number of aryl methyl sites for hydroxylation is 1. The molecule has 8 nitrogen and oxygen atoms in total. The molecule has 0 atom stereocenters. The molecule has 0 aliphatic heterocycles. The van der Waals surface area contributed by atoms with Crippen LogP contribution in [0.1, 0.15) is 23.9 Å². The first-order chi connectivity index (χ1) is 14.8. The van der Waals surface area contributed by atoms with Crippen molar-refractivity contribution in [2.24, 2.45) is 5.10 Å². The van der Waals surface area contributed by atoms with Crippen LogP contribution < -0.4 is 16.0 Å². The molecular formula is C23H20N4O4. The fourth-order valence-corrected chi connectivity index (χ4v) is 3.52. The maximum absolute atomic E-state index is 12.6. The lowest BCUT2D eigenvalue weighted by Crippen LogP contribution is -2.32. The lowest BCUT2D eigenvalue weighted by molar-refractivity contribution is -0.131. The number of hydrogen-bond acceptors (Lipinski definition) is 5. The van der Waals surface area contributed by atoms with Crippen molar-refractivity contribution in [2.75, 3.05) is 0 Å². The van der Waals surface area contributed by atoms with Crippen molar-refractivity contribution in [3.05, 3.63) is 92.4 Å². The minimum Gasteiger partial charge on any atom is -0.427 e. The van der Waals surface area contributed by atoms with E-state index in [0.717, 1.165) is 27.3 Å². The Morgan fingerprint density at radius 1 is 1.06 bits per heavy atom. The average Bonchev–Trinajstić information content (AvgIpc) is 3.01. The van der Waals surface area contributed by atoms with Crippen molar-refractivity contribution in [1.82, 2.24) is 14.2 Å². The first-order valence-corrected chi connectivity index (χ1v) is 9.61. The molecule has 0 bridgehead atoms. The van der Waals surface area contributed by atoms with Gasteiger partial charge < -0.3 is 14.3 Å². The summed E-state index contributed by atoms with van der Waals surface area (Å²) in [5, 5.41) is 4.53. The Morgan fingerprint density at radius 2 is 1.77 bits per heavy atom. The molecule has 0 saturated heterocycles. The quantitative estimate of drug-likeness (QED) is 0.314. The standard InChI is InChI=1S/C23H20N4O4/c1-14-12-17(15(2)26(14)18-8-10-19(11-9-18)31-16(3)28)13-24-27-22(29)20-6-4-5-7-21(20)25-23(27)30/h4-13H,1-3H3,(H,25,30). The van der Waals surface area contributed by atoms with Crippen LogP contribution in [-0.2, 0) is 4.79 Å². The van der Waals surface area contributed by atoms with E-state index < -0.39 is 11.2 Å². The van der Waals surface area contributed by atoms with E-state index in [-0.39, 0.29) is 5.97 Å². The summed E-state index contributed by atoms with van der Waals surface area (Å²) in [6, 6.07) is 15.8. The van der Waals surface area contributed by atoms with E-state index in [4.69, 9.17) is 4.74 Å². The van der Waals surface area contributed by atoms with Crippen molar-refractivity contribution in [3.63, 3.8) is 0 Å². The number of H-pyrrole nitrogens is 1. The van der Waals surface area contributed by atoms with Crippen LogP contribution in [-0.4, -0.2) is 26.4 Å². The molecule has 1 N–H and O–H groups in total. The van der Waals surface area contributed by atoms with E-state index in [9.17, 15) is 14.4 Å². The average molecular weight is 416 g/mol. The molecule has 0 aliphatic rings. The Kier molecular flexibility index (Phi) is 5.12. The summed E-state index contributed by atoms with van der Waals surface area (Å²) in [7, 11) is 0. The topological polar surface area (TPSA) is 98.4 Å². The Hall–Kier alpha value is -4.20. The number of ether oxygens (including phenoxy) is 1. The first kappa shape index (κ1) is 20.1. The third kappa shape index (κ3) is 3.83. The number of carbonyl (C=O) groups excluding carboxylic acids is 1. The highest BCUT2D eigenvalue weighted by molar-refractivity contribution is 5.82. The van der Waals surface area contributed by atoms with E-state index in [0.29, 0.717) is 16.7 Å². The molecule has 156 valence electrons. The van der Waals surface area contributed by atoms with Gasteiger partial charge in [-0.3, -0.25) is 9.59 Å². The summed E-state index contributed by atoms with van der Waals surface area (Å²) in [6.45, 7) is 5.22. The van der Waals surface area contributed by atoms with Gasteiger partial charge in [0.25, 0.3) is 5.56 Å². The van der Waals surface area contributed by atoms with Gasteiger partial charge in [-0.15, -0.1) is 4.68 Å². The fraction of sp³-hybridized carbons (Fsp3) is 0.130. The fourth-order valence-electron chi connectivity index (χ4n) is 3.52. The highest BCUT2D eigenvalue weighted by Crippen LogP contribution is 2.22. The van der Waals surface area contributed by atoms with Crippen molar-refractivity contribution < 1.29 is 9.53 Å². The van der Waals surface area contributed by atoms with Gasteiger partial charge in [-0.1, -0.05) is 12.1 Å². The second-order valence-electron chi connectivity index (χ2n) is 7.09. The number of para-hydroxylation sites is 1. The zero-order valence-electron chi connectivity index (χ0n) is 17.2. The van der Waals surface area contributed by atoms with E-state index in [1.165, 1.54) is 13.1 Å². The molecule has 2 aromatic carbocycles. The summed E-state index contributed by atoms with van der Waals surface area (Å²) in [5.74, 6) is 0.0916. The Bertz CT molecular complexity index is 1440. The highest BCUT2D eigenvalue weighted by atomic mass is 16.5. The minimum atomic E-state index is -0.602. The summed E-state index contributed by atoms with van der Waals surface area (Å²) >= 11 is 0. The van der Waals surface area contributed by atoms with Gasteiger partial charge in [-0.05, 0) is 56.3 Å². The normalized spacial score (nSPS) is 11.3. The Morgan fingerprint density at radius 3 is 2.48 bits per heavy atom. The number of carbonyl (C=O) groups is 1. The molecule has 0 amide bonds. The van der Waals surface area contributed by atoms with Gasteiger partial charge in [0.05, 0.1) is 17.1 Å². The number of rotatable bonds is 4. The van der Waals surface area contributed by atoms with Crippen LogP contribution in [0.3, 0.4) is 0 Å². The number of fused-ring (bicyclic) bond motifs is 1. The van der Waals surface area contributed by atoms with Crippen LogP contribution >= 0.6 is 0 Å². The second-order valence-corrected chi connectivity index (χ2v) is 7.09. The first-order valence-electron chi connectivity index (χ1n) is 9.61. The maximum atomic E-state index is 12.6. The number of benzene rings is 2. The van der Waals surface area contributed by atoms with Crippen molar-refractivity contribution in [3.8, 4) is 11.4 Å². The number of nitrogens with one attached hydrogen (secondary N) is 1. The zero-order valence-corrected chi connectivity index (χ0v) is 17.2. The van der Waals surface area contributed by atoms with Crippen LogP contribution in [0.15, 0.2) is 69.3 Å². The maximum Gasteiger partial charge on any atom is 0.349 e. The molecule has 4 aromatic rings. The van der Waals surface area contributed by atoms with Crippen LogP contribution in [0.25, 0.3) is 16.6 Å². The number of aromatic nitrogens is 3. The predicted octanol–water partition coefficient (Wildman–Crippen LogP) is 2.90. The van der Waals surface area contributed by atoms with Gasteiger partial charge in [0, 0.05) is 29.6 Å². The summed E-state index contributed by atoms with van der Waals surface area (Å²) in [4.78, 5) is 38.7. The van der Waals surface area contributed by atoms with Crippen molar-refractivity contribution in [1.29, 1.82) is 0 Å². The van der Waals surface area contributed by atoms with Crippen molar-refractivity contribution in [2.45, 2.75) is 20.8 Å². The van der Waals surface area contributed by atoms with Crippen molar-refractivity contribution >= 4 is 23.1 Å². The van der Waals surface area contributed by atoms with Crippen LogP contribution in [0.2, 0.25) is 0 Å². The number of hydrogen-bond donors (Lipinski definition) is 1. The largest absolute Gasteiger partial charge is 0.427 e. The van der Waals surface area contributed by atoms with Gasteiger partial charge in [0.15, 0.2) is 0 Å². The van der Waals surface area contributed by atoms with Gasteiger partial charge in [0.1, 0.15) is 5.75 Å². The second kappa shape index (κ2) is 7.91. The SMILES string of the molecule is CC(=O)Oc1ccc(-n2c(C)cc(C=Nn3c(=O)[nH]c4ccccc4c3=O)c2C)cc1. The Balaban J connectivity index is 1.71. The lowest BCUT2D eigenvalue weighted by Gasteiger charge is -2.10. The molecule has 0 unspecified atom stereocenters. The number of esters is 1. The minimum absolute atomic E-state index is 0.376. The lowest BCUT2D eigenvalue weighted by atomic mass is 10.2. The number of nitrogens with zero attached hydrogens (tertiary/aromatic N) is 3. The van der Waals surface area contributed by atoms with E-state index >= 15 is 0 Å². The molecular weight excluding hydrogens is 396 g/mol. The van der Waals surface area contributed by atoms with E-state index in [2.05, 4.69) is 10.1 Å². The molecule has 8 heteroatoms. The third-order valence-corrected chi connectivity index (χ3v) is 4.92. The molecule has 2 heterocycles. The molecule has 0 radical (unpaired) electrons. The highest BCUT2D eigenvalue weighted by Gasteiger charge is 2.11. The predicted molar refractivity (Wildman–Crippen MR) is 118 cm³/mol. The van der Waals surface area contributed by atoms with Crippen LogP contribution in [0.5, 0.6) is 5.75 Å². The molecule has 2 aromatic heterocycles. The van der Waals surface area contributed by atoms with Gasteiger partial charge in [-0.2, -0.15) is 5.10 Å². The molecule has 31 heavy (non-hydrogen) atoms. The summed E-state index contributed by atoms with van der Waals surface area (Å²) < 4.78 is 7.91. The summed E-state index contributed by atoms with van der Waals surface area (Å²) in [6.07, 6.45) is 1.50. The zero-order chi connectivity index (χ0) is 22.1. The molecule has 0 saturated carbocycles.